The van der Waals surface area contributed by atoms with Gasteiger partial charge >= 0.3 is 6.18 Å². The first-order valence-corrected chi connectivity index (χ1v) is 7.70. The van der Waals surface area contributed by atoms with Gasteiger partial charge in [0.25, 0.3) is 0 Å². The van der Waals surface area contributed by atoms with Crippen LogP contribution in [0.15, 0.2) is 52.9 Å². The Kier molecular flexibility index (Phi) is 4.54. The van der Waals surface area contributed by atoms with Crippen molar-refractivity contribution in [3.05, 3.63) is 59.9 Å². The molecule has 134 valence electrons. The second kappa shape index (κ2) is 6.67. The van der Waals surface area contributed by atoms with Crippen LogP contribution in [0.2, 0.25) is 0 Å². The van der Waals surface area contributed by atoms with E-state index in [4.69, 9.17) is 4.42 Å². The summed E-state index contributed by atoms with van der Waals surface area (Å²) in [5.41, 5.74) is 0.590. The van der Waals surface area contributed by atoms with Crippen molar-refractivity contribution in [2.45, 2.75) is 6.18 Å². The number of benzene rings is 1. The van der Waals surface area contributed by atoms with Crippen molar-refractivity contribution in [2.75, 3.05) is 19.0 Å². The monoisotopic (exact) mass is 360 g/mol. The molecule has 0 spiro atoms. The molecule has 0 radical (unpaired) electrons. The molecule has 0 atom stereocenters. The van der Waals surface area contributed by atoms with E-state index in [9.17, 15) is 18.0 Å². The summed E-state index contributed by atoms with van der Waals surface area (Å²) < 4.78 is 45.0. The molecule has 2 aromatic heterocycles. The van der Waals surface area contributed by atoms with Crippen molar-refractivity contribution < 1.29 is 22.4 Å². The molecule has 3 rings (SSSR count). The largest absolute Gasteiger partial charge is 0.453 e. The van der Waals surface area contributed by atoms with E-state index in [1.165, 1.54) is 11.0 Å². The Balaban J connectivity index is 2.10. The fourth-order valence-corrected chi connectivity index (χ4v) is 2.46. The minimum absolute atomic E-state index is 0.178. The van der Waals surface area contributed by atoms with Gasteiger partial charge in [-0.3, -0.25) is 4.79 Å². The Bertz CT molecular complexity index is 946. The number of hydrogen-bond donors (Lipinski definition) is 0. The number of hydrogen-bond acceptors (Lipinski definition) is 4. The highest BCUT2D eigenvalue weighted by molar-refractivity contribution is 5.74. The Hall–Kier alpha value is -3.09. The van der Waals surface area contributed by atoms with Gasteiger partial charge in [-0.05, 0) is 30.3 Å². The number of furan rings is 1. The summed E-state index contributed by atoms with van der Waals surface area (Å²) >= 11 is 0. The molecule has 0 saturated carbocycles. The van der Waals surface area contributed by atoms with Crippen molar-refractivity contribution in [1.29, 1.82) is 0 Å². The maximum atomic E-state index is 13.2. The number of aromatic nitrogens is 1. The number of pyridine rings is 1. The molecule has 0 saturated heterocycles. The molecule has 3 aromatic rings. The van der Waals surface area contributed by atoms with Crippen molar-refractivity contribution in [3.63, 3.8) is 0 Å². The van der Waals surface area contributed by atoms with Crippen LogP contribution in [0.5, 0.6) is 0 Å². The van der Waals surface area contributed by atoms with Crippen LogP contribution in [0.1, 0.15) is 16.1 Å². The quantitative estimate of drug-likeness (QED) is 0.621. The van der Waals surface area contributed by atoms with Gasteiger partial charge in [0.15, 0.2) is 12.0 Å². The van der Waals surface area contributed by atoms with Crippen molar-refractivity contribution >= 4 is 12.1 Å². The third kappa shape index (κ3) is 3.61. The van der Waals surface area contributed by atoms with Gasteiger partial charge in [0.1, 0.15) is 11.6 Å². The van der Waals surface area contributed by atoms with Gasteiger partial charge in [-0.2, -0.15) is 13.2 Å². The number of aldehydes is 1. The molecule has 0 amide bonds. The Morgan fingerprint density at radius 3 is 2.38 bits per heavy atom. The third-order valence-electron chi connectivity index (χ3n) is 3.78. The van der Waals surface area contributed by atoms with Gasteiger partial charge in [0.2, 0.25) is 0 Å². The summed E-state index contributed by atoms with van der Waals surface area (Å²) in [6, 6.07) is 12.0. The second-order valence-corrected chi connectivity index (χ2v) is 5.89. The minimum atomic E-state index is -4.47. The molecule has 2 heterocycles. The lowest BCUT2D eigenvalue weighted by atomic mass is 10.0. The average molecular weight is 360 g/mol. The number of halogens is 3. The fourth-order valence-electron chi connectivity index (χ4n) is 2.46. The molecule has 0 bridgehead atoms. The van der Waals surface area contributed by atoms with Crippen molar-refractivity contribution in [1.82, 2.24) is 4.98 Å². The first kappa shape index (κ1) is 17.7. The van der Waals surface area contributed by atoms with E-state index in [2.05, 4.69) is 4.98 Å². The van der Waals surface area contributed by atoms with Crippen LogP contribution in [0, 0.1) is 0 Å². The molecule has 4 nitrogen and oxygen atoms in total. The zero-order chi connectivity index (χ0) is 18.9. The van der Waals surface area contributed by atoms with Gasteiger partial charge < -0.3 is 9.32 Å². The SMILES string of the molecule is CN(C)c1cc(C(F)(F)F)cc(-c2cccc(-c3ccc(C=O)o3)c2)n1. The van der Waals surface area contributed by atoms with Gasteiger partial charge in [-0.1, -0.05) is 18.2 Å². The van der Waals surface area contributed by atoms with Crippen LogP contribution in [0.4, 0.5) is 19.0 Å². The van der Waals surface area contributed by atoms with E-state index in [-0.39, 0.29) is 17.3 Å². The summed E-state index contributed by atoms with van der Waals surface area (Å²) in [5.74, 6) is 0.840. The Morgan fingerprint density at radius 1 is 1.04 bits per heavy atom. The van der Waals surface area contributed by atoms with Gasteiger partial charge in [-0.15, -0.1) is 0 Å². The maximum absolute atomic E-state index is 13.2. The second-order valence-electron chi connectivity index (χ2n) is 5.89. The molecule has 7 heteroatoms. The van der Waals surface area contributed by atoms with Crippen molar-refractivity contribution in [2.24, 2.45) is 0 Å². The fraction of sp³-hybridized carbons (Fsp3) is 0.158. The number of nitrogens with zero attached hydrogens (tertiary/aromatic N) is 2. The van der Waals surface area contributed by atoms with Crippen LogP contribution in [-0.4, -0.2) is 25.4 Å². The van der Waals surface area contributed by atoms with Crippen molar-refractivity contribution in [3.8, 4) is 22.6 Å². The van der Waals surface area contributed by atoms with Gasteiger partial charge in [0, 0.05) is 25.2 Å². The normalized spacial score (nSPS) is 11.4. The predicted octanol–water partition coefficient (Wildman–Crippen LogP) is 4.91. The molecule has 26 heavy (non-hydrogen) atoms. The molecule has 1 aromatic carbocycles. The highest BCUT2D eigenvalue weighted by atomic mass is 19.4. The third-order valence-corrected chi connectivity index (χ3v) is 3.78. The summed E-state index contributed by atoms with van der Waals surface area (Å²) in [7, 11) is 3.26. The number of anilines is 1. The number of carbonyl (C=O) groups is 1. The van der Waals surface area contributed by atoms with Gasteiger partial charge in [-0.25, -0.2) is 4.98 Å². The molecule has 0 aliphatic carbocycles. The summed E-state index contributed by atoms with van der Waals surface area (Å²) in [4.78, 5) is 16.6. The zero-order valence-electron chi connectivity index (χ0n) is 14.0. The predicted molar refractivity (Wildman–Crippen MR) is 92.1 cm³/mol. The van der Waals surface area contributed by atoms with E-state index in [1.54, 1.807) is 44.4 Å². The lowest BCUT2D eigenvalue weighted by Gasteiger charge is -2.16. The van der Waals surface area contributed by atoms with Crippen LogP contribution < -0.4 is 4.90 Å². The number of carbonyl (C=O) groups excluding carboxylic acids is 1. The summed E-state index contributed by atoms with van der Waals surface area (Å²) in [5, 5.41) is 0. The highest BCUT2D eigenvalue weighted by Gasteiger charge is 2.32. The van der Waals surface area contributed by atoms with E-state index in [1.807, 2.05) is 0 Å². The molecule has 0 aliphatic rings. The Labute approximate surface area is 147 Å². The zero-order valence-corrected chi connectivity index (χ0v) is 14.0. The number of alkyl halides is 3. The topological polar surface area (TPSA) is 46.3 Å². The smallest absolute Gasteiger partial charge is 0.416 e. The molecular formula is C19H15F3N2O2. The standard InChI is InChI=1S/C19H15F3N2O2/c1-24(2)18-10-14(19(20,21)22)9-16(23-18)12-4-3-5-13(8-12)17-7-6-15(11-25)26-17/h3-11H,1-2H3. The van der Waals surface area contributed by atoms with Crippen LogP contribution in [0.25, 0.3) is 22.6 Å². The summed E-state index contributed by atoms with van der Waals surface area (Å²) in [6.45, 7) is 0. The van der Waals surface area contributed by atoms with E-state index in [0.29, 0.717) is 23.2 Å². The summed E-state index contributed by atoms with van der Waals surface area (Å²) in [6.07, 6.45) is -3.88. The molecule has 0 fully saturated rings. The lowest BCUT2D eigenvalue weighted by Crippen LogP contribution is -2.14. The molecule has 0 aliphatic heterocycles. The van der Waals surface area contributed by atoms with E-state index < -0.39 is 11.7 Å². The number of rotatable bonds is 4. The van der Waals surface area contributed by atoms with E-state index >= 15 is 0 Å². The van der Waals surface area contributed by atoms with Crippen LogP contribution >= 0.6 is 0 Å². The highest BCUT2D eigenvalue weighted by Crippen LogP contribution is 2.34. The molecular weight excluding hydrogens is 345 g/mol. The molecule has 0 unspecified atom stereocenters. The first-order chi connectivity index (χ1) is 12.3. The minimum Gasteiger partial charge on any atom is -0.453 e. The van der Waals surface area contributed by atoms with Gasteiger partial charge in [0.05, 0.1) is 11.3 Å². The lowest BCUT2D eigenvalue weighted by molar-refractivity contribution is -0.137. The van der Waals surface area contributed by atoms with Crippen LogP contribution in [-0.2, 0) is 6.18 Å². The van der Waals surface area contributed by atoms with E-state index in [0.717, 1.165) is 12.1 Å². The average Bonchev–Trinajstić information content (AvgIpc) is 3.10. The maximum Gasteiger partial charge on any atom is 0.416 e. The van der Waals surface area contributed by atoms with Crippen LogP contribution in [0.3, 0.4) is 0 Å². The molecule has 0 N–H and O–H groups in total. The first-order valence-electron chi connectivity index (χ1n) is 7.70. The Morgan fingerprint density at radius 2 is 1.77 bits per heavy atom.